The molecule has 0 atom stereocenters. The zero-order valence-electron chi connectivity index (χ0n) is 18.2. The van der Waals surface area contributed by atoms with Crippen LogP contribution in [0.1, 0.15) is 25.3 Å². The summed E-state index contributed by atoms with van der Waals surface area (Å²) in [5.74, 6) is 1.26. The highest BCUT2D eigenvalue weighted by molar-refractivity contribution is 7.71. The van der Waals surface area contributed by atoms with Crippen molar-refractivity contribution >= 4 is 45.7 Å². The van der Waals surface area contributed by atoms with Crippen molar-refractivity contribution in [3.05, 3.63) is 53.1 Å². The first kappa shape index (κ1) is 20.9. The number of aromatic amines is 1. The van der Waals surface area contributed by atoms with Crippen LogP contribution in [0, 0.1) is 10.7 Å². The lowest BCUT2D eigenvalue weighted by atomic mass is 9.97. The van der Waals surface area contributed by atoms with Crippen LogP contribution in [-0.2, 0) is 13.1 Å². The van der Waals surface area contributed by atoms with E-state index in [9.17, 15) is 5.11 Å². The fraction of sp³-hybridized carbons (Fsp3) is 0.375. The zero-order chi connectivity index (χ0) is 22.1. The fourth-order valence-electron chi connectivity index (χ4n) is 4.59. The third-order valence-electron chi connectivity index (χ3n) is 6.45. The summed E-state index contributed by atoms with van der Waals surface area (Å²) in [6.45, 7) is 5.86. The molecule has 3 N–H and O–H groups in total. The monoisotopic (exact) mass is 448 g/mol. The Balaban J connectivity index is 1.37. The Morgan fingerprint density at radius 1 is 1.19 bits per heavy atom. The third kappa shape index (κ3) is 3.96. The van der Waals surface area contributed by atoms with Crippen LogP contribution < -0.4 is 10.2 Å². The Labute approximate surface area is 192 Å². The molecule has 166 valence electrons. The summed E-state index contributed by atoms with van der Waals surface area (Å²) < 4.78 is 2.80. The average molecular weight is 449 g/mol. The number of aromatic nitrogens is 4. The van der Waals surface area contributed by atoms with Gasteiger partial charge in [0.15, 0.2) is 4.77 Å². The van der Waals surface area contributed by atoms with Gasteiger partial charge in [0.25, 0.3) is 0 Å². The lowest BCUT2D eigenvalue weighted by molar-refractivity contribution is 0.203. The van der Waals surface area contributed by atoms with Crippen LogP contribution >= 0.6 is 12.2 Å². The van der Waals surface area contributed by atoms with Crippen LogP contribution in [0.5, 0.6) is 0 Å². The molecule has 0 aliphatic carbocycles. The van der Waals surface area contributed by atoms with E-state index in [1.165, 1.54) is 11.3 Å². The van der Waals surface area contributed by atoms with Crippen LogP contribution in [0.2, 0.25) is 0 Å². The zero-order valence-corrected chi connectivity index (χ0v) is 19.0. The van der Waals surface area contributed by atoms with E-state index in [0.717, 1.165) is 65.0 Å². The molecular weight excluding hydrogens is 420 g/mol. The van der Waals surface area contributed by atoms with E-state index in [4.69, 9.17) is 12.2 Å². The van der Waals surface area contributed by atoms with Crippen molar-refractivity contribution in [3.63, 3.8) is 0 Å². The first-order valence-corrected chi connectivity index (χ1v) is 11.6. The van der Waals surface area contributed by atoms with Gasteiger partial charge < -0.3 is 24.9 Å². The van der Waals surface area contributed by atoms with E-state index < -0.39 is 0 Å². The topological polar surface area (TPSA) is 82.0 Å². The number of nitrogens with zero attached hydrogens (tertiary/aromatic N) is 4. The summed E-state index contributed by atoms with van der Waals surface area (Å²) in [6.07, 6.45) is 3.70. The van der Waals surface area contributed by atoms with Crippen LogP contribution in [-0.4, -0.2) is 44.3 Å². The molecule has 7 nitrogen and oxygen atoms in total. The number of aliphatic hydroxyl groups is 1. The number of hydrogen-bond acceptors (Lipinski definition) is 6. The second kappa shape index (κ2) is 8.88. The van der Waals surface area contributed by atoms with Gasteiger partial charge in [-0.15, -0.1) is 0 Å². The number of aliphatic hydroxyl groups excluding tert-OH is 1. The average Bonchev–Trinajstić information content (AvgIpc) is 3.15. The SMILES string of the molecule is CCn1c(=S)[nH]c2cc3c(NCc4cccc(N5CCC(CO)CC5)c4)ncnc3cc21. The molecule has 0 spiro atoms. The van der Waals surface area contributed by atoms with Crippen molar-refractivity contribution in [2.24, 2.45) is 5.92 Å². The van der Waals surface area contributed by atoms with E-state index in [1.54, 1.807) is 6.33 Å². The molecule has 2 aromatic heterocycles. The Hall–Kier alpha value is -2.97. The second-order valence-electron chi connectivity index (χ2n) is 8.42. The minimum atomic E-state index is 0.297. The molecule has 0 unspecified atom stereocenters. The smallest absolute Gasteiger partial charge is 0.178 e. The van der Waals surface area contributed by atoms with Crippen LogP contribution in [0.3, 0.4) is 0 Å². The lowest BCUT2D eigenvalue weighted by Gasteiger charge is -2.33. The molecule has 1 aliphatic rings. The number of piperidine rings is 1. The standard InChI is InChI=1S/C24H28N6OS/c1-2-30-22-12-20-19(11-21(22)28-24(30)32)23(27-15-26-20)25-13-17-4-3-5-18(10-17)29-8-6-16(14-31)7-9-29/h3-5,10-12,15-16,31H,2,6-9,13-14H2,1H3,(H,28,32)(H,25,26,27). The van der Waals surface area contributed by atoms with Crippen molar-refractivity contribution < 1.29 is 5.11 Å². The molecule has 1 fully saturated rings. The molecule has 8 heteroatoms. The van der Waals surface area contributed by atoms with Gasteiger partial charge in [-0.05, 0) is 67.7 Å². The molecular formula is C24H28N6OS. The number of H-pyrrole nitrogens is 1. The first-order chi connectivity index (χ1) is 15.7. The maximum atomic E-state index is 9.39. The predicted octanol–water partition coefficient (Wildman–Crippen LogP) is 4.48. The van der Waals surface area contributed by atoms with Gasteiger partial charge in [0, 0.05) is 43.9 Å². The Morgan fingerprint density at radius 2 is 2.03 bits per heavy atom. The number of aryl methyl sites for hydroxylation is 1. The highest BCUT2D eigenvalue weighted by atomic mass is 32.1. The fourth-order valence-corrected chi connectivity index (χ4v) is 4.92. The summed E-state index contributed by atoms with van der Waals surface area (Å²) in [5.41, 5.74) is 5.40. The van der Waals surface area contributed by atoms with E-state index in [0.29, 0.717) is 19.1 Å². The van der Waals surface area contributed by atoms with Gasteiger partial charge in [0.05, 0.1) is 16.6 Å². The Kier molecular flexibility index (Phi) is 5.80. The molecule has 0 bridgehead atoms. The van der Waals surface area contributed by atoms with Crippen LogP contribution in [0.25, 0.3) is 21.9 Å². The number of benzene rings is 2. The number of anilines is 2. The predicted molar refractivity (Wildman–Crippen MR) is 132 cm³/mol. The van der Waals surface area contributed by atoms with E-state index in [-0.39, 0.29) is 0 Å². The van der Waals surface area contributed by atoms with Crippen molar-refractivity contribution in [1.82, 2.24) is 19.5 Å². The van der Waals surface area contributed by atoms with Crippen LogP contribution in [0.4, 0.5) is 11.5 Å². The molecule has 0 saturated carbocycles. The molecule has 0 amide bonds. The highest BCUT2D eigenvalue weighted by Gasteiger charge is 2.18. The summed E-state index contributed by atoms with van der Waals surface area (Å²) in [6, 6.07) is 12.8. The summed E-state index contributed by atoms with van der Waals surface area (Å²) in [5, 5.41) is 13.9. The summed E-state index contributed by atoms with van der Waals surface area (Å²) >= 11 is 5.46. The molecule has 2 aromatic carbocycles. The van der Waals surface area contributed by atoms with Gasteiger partial charge in [-0.25, -0.2) is 9.97 Å². The van der Waals surface area contributed by atoms with Gasteiger partial charge in [-0.1, -0.05) is 12.1 Å². The maximum absolute atomic E-state index is 9.39. The first-order valence-electron chi connectivity index (χ1n) is 11.2. The van der Waals surface area contributed by atoms with E-state index >= 15 is 0 Å². The molecule has 1 saturated heterocycles. The highest BCUT2D eigenvalue weighted by Crippen LogP contribution is 2.27. The van der Waals surface area contributed by atoms with Crippen molar-refractivity contribution in [3.8, 4) is 0 Å². The summed E-state index contributed by atoms with van der Waals surface area (Å²) in [4.78, 5) is 14.7. The largest absolute Gasteiger partial charge is 0.396 e. The molecule has 3 heterocycles. The van der Waals surface area contributed by atoms with Crippen molar-refractivity contribution in [1.29, 1.82) is 0 Å². The van der Waals surface area contributed by atoms with Gasteiger partial charge in [-0.3, -0.25) is 0 Å². The lowest BCUT2D eigenvalue weighted by Crippen LogP contribution is -2.34. The number of fused-ring (bicyclic) bond motifs is 2. The Bertz CT molecular complexity index is 1310. The summed E-state index contributed by atoms with van der Waals surface area (Å²) in [7, 11) is 0. The van der Waals surface area contributed by atoms with Gasteiger partial charge in [0.1, 0.15) is 12.1 Å². The second-order valence-corrected chi connectivity index (χ2v) is 8.81. The van der Waals surface area contributed by atoms with Gasteiger partial charge in [0.2, 0.25) is 0 Å². The molecule has 32 heavy (non-hydrogen) atoms. The van der Waals surface area contributed by atoms with Crippen molar-refractivity contribution in [2.45, 2.75) is 32.9 Å². The van der Waals surface area contributed by atoms with Crippen molar-refractivity contribution in [2.75, 3.05) is 29.9 Å². The molecule has 5 rings (SSSR count). The van der Waals surface area contributed by atoms with E-state index in [1.807, 2.05) is 0 Å². The molecule has 1 aliphatic heterocycles. The number of rotatable bonds is 6. The van der Waals surface area contributed by atoms with Crippen LogP contribution in [0.15, 0.2) is 42.7 Å². The van der Waals surface area contributed by atoms with Gasteiger partial charge >= 0.3 is 0 Å². The quantitative estimate of drug-likeness (QED) is 0.377. The minimum absolute atomic E-state index is 0.297. The third-order valence-corrected chi connectivity index (χ3v) is 6.78. The number of imidazole rings is 1. The Morgan fingerprint density at radius 3 is 2.81 bits per heavy atom. The number of hydrogen-bond donors (Lipinski definition) is 3. The van der Waals surface area contributed by atoms with E-state index in [2.05, 4.69) is 73.1 Å². The number of nitrogens with one attached hydrogen (secondary N) is 2. The molecule has 0 radical (unpaired) electrons. The maximum Gasteiger partial charge on any atom is 0.178 e. The molecule has 4 aromatic rings. The normalized spacial score (nSPS) is 15.0. The van der Waals surface area contributed by atoms with Gasteiger partial charge in [-0.2, -0.15) is 0 Å². The minimum Gasteiger partial charge on any atom is -0.396 e.